The van der Waals surface area contributed by atoms with Gasteiger partial charge in [0.25, 0.3) is 0 Å². The Labute approximate surface area is 165 Å². The number of aromatic nitrogens is 3. The van der Waals surface area contributed by atoms with Crippen LogP contribution in [0.4, 0.5) is 5.95 Å². The van der Waals surface area contributed by atoms with Crippen molar-refractivity contribution >= 4 is 22.8 Å². The number of piperidine rings is 1. The van der Waals surface area contributed by atoms with Gasteiger partial charge in [0.05, 0.1) is 5.92 Å². The first kappa shape index (κ1) is 18.5. The highest BCUT2D eigenvalue weighted by molar-refractivity contribution is 5.84. The maximum Gasteiger partial charge on any atom is 0.225 e. The summed E-state index contributed by atoms with van der Waals surface area (Å²) in [5.74, 6) is 0.850. The zero-order valence-corrected chi connectivity index (χ0v) is 16.5. The van der Waals surface area contributed by atoms with Gasteiger partial charge in [0, 0.05) is 48.6 Å². The molecule has 2 N–H and O–H groups in total. The van der Waals surface area contributed by atoms with Crippen molar-refractivity contribution in [3.8, 4) is 0 Å². The summed E-state index contributed by atoms with van der Waals surface area (Å²) in [6.45, 7) is 6.30. The number of benzene rings is 1. The number of carbonyl (C=O) groups excluding carboxylic acids is 1. The van der Waals surface area contributed by atoms with Crippen LogP contribution in [0.2, 0.25) is 0 Å². The van der Waals surface area contributed by atoms with Crippen molar-refractivity contribution in [2.45, 2.75) is 33.1 Å². The summed E-state index contributed by atoms with van der Waals surface area (Å²) in [5, 5.41) is 4.38. The lowest BCUT2D eigenvalue weighted by molar-refractivity contribution is -0.125. The van der Waals surface area contributed by atoms with Gasteiger partial charge in [-0.1, -0.05) is 11.6 Å². The number of nitrogens with one attached hydrogen (secondary N) is 2. The maximum atomic E-state index is 12.7. The number of rotatable bonds is 5. The molecule has 1 saturated heterocycles. The normalized spacial score (nSPS) is 17.1. The first-order valence-corrected chi connectivity index (χ1v) is 9.99. The summed E-state index contributed by atoms with van der Waals surface area (Å²) in [6.07, 6.45) is 6.56. The Balaban J connectivity index is 1.33. The first-order valence-electron chi connectivity index (χ1n) is 9.99. The Morgan fingerprint density at radius 2 is 2.21 bits per heavy atom. The number of amides is 1. The Hall–Kier alpha value is -2.89. The topological polar surface area (TPSA) is 73.9 Å². The number of hydrogen-bond acceptors (Lipinski definition) is 4. The lowest BCUT2D eigenvalue weighted by Gasteiger charge is -2.32. The van der Waals surface area contributed by atoms with E-state index >= 15 is 0 Å². The molecule has 0 radical (unpaired) electrons. The molecule has 1 aromatic carbocycles. The first-order chi connectivity index (χ1) is 13.6. The van der Waals surface area contributed by atoms with Gasteiger partial charge in [-0.05, 0) is 56.9 Å². The number of nitrogens with zero attached hydrogens (tertiary/aromatic N) is 3. The van der Waals surface area contributed by atoms with Crippen LogP contribution in [0, 0.1) is 19.8 Å². The average Bonchev–Trinajstić information content (AvgIpc) is 3.10. The van der Waals surface area contributed by atoms with Crippen LogP contribution in [-0.2, 0) is 11.2 Å². The Bertz CT molecular complexity index is 980. The van der Waals surface area contributed by atoms with E-state index in [1.165, 1.54) is 16.5 Å². The van der Waals surface area contributed by atoms with E-state index in [9.17, 15) is 4.79 Å². The molecule has 0 aliphatic carbocycles. The molecule has 1 unspecified atom stereocenters. The second-order valence-corrected chi connectivity index (χ2v) is 7.69. The van der Waals surface area contributed by atoms with Crippen molar-refractivity contribution < 1.29 is 4.79 Å². The molecule has 3 heterocycles. The zero-order chi connectivity index (χ0) is 19.5. The van der Waals surface area contributed by atoms with Gasteiger partial charge >= 0.3 is 0 Å². The predicted molar refractivity (Wildman–Crippen MR) is 111 cm³/mol. The van der Waals surface area contributed by atoms with Gasteiger partial charge in [0.2, 0.25) is 11.9 Å². The molecule has 0 bridgehead atoms. The van der Waals surface area contributed by atoms with Gasteiger partial charge in [0.1, 0.15) is 0 Å². The van der Waals surface area contributed by atoms with Crippen molar-refractivity contribution in [2.75, 3.05) is 24.5 Å². The molecule has 0 saturated carbocycles. The van der Waals surface area contributed by atoms with E-state index < -0.39 is 0 Å². The van der Waals surface area contributed by atoms with E-state index in [1.54, 1.807) is 6.20 Å². The van der Waals surface area contributed by atoms with Gasteiger partial charge in [-0.15, -0.1) is 0 Å². The van der Waals surface area contributed by atoms with E-state index in [2.05, 4.69) is 50.3 Å². The lowest BCUT2D eigenvalue weighted by atomic mass is 9.97. The van der Waals surface area contributed by atoms with Crippen LogP contribution >= 0.6 is 0 Å². The van der Waals surface area contributed by atoms with Crippen molar-refractivity contribution in [3.63, 3.8) is 0 Å². The molecule has 6 nitrogen and oxygen atoms in total. The molecule has 2 aromatic heterocycles. The second kappa shape index (κ2) is 8.00. The van der Waals surface area contributed by atoms with E-state index in [0.717, 1.165) is 43.0 Å². The highest BCUT2D eigenvalue weighted by atomic mass is 16.1. The minimum Gasteiger partial charge on any atom is -0.361 e. The van der Waals surface area contributed by atoms with Crippen molar-refractivity contribution in [2.24, 2.45) is 5.92 Å². The van der Waals surface area contributed by atoms with E-state index in [1.807, 2.05) is 19.2 Å². The number of hydrogen-bond donors (Lipinski definition) is 2. The van der Waals surface area contributed by atoms with Crippen LogP contribution in [-0.4, -0.2) is 40.5 Å². The summed E-state index contributed by atoms with van der Waals surface area (Å²) < 4.78 is 0. The van der Waals surface area contributed by atoms with E-state index in [-0.39, 0.29) is 11.8 Å². The van der Waals surface area contributed by atoms with Crippen LogP contribution in [0.3, 0.4) is 0 Å². The summed E-state index contributed by atoms with van der Waals surface area (Å²) in [7, 11) is 0. The highest BCUT2D eigenvalue weighted by Gasteiger charge is 2.27. The molecule has 146 valence electrons. The standard InChI is InChI=1S/C22H27N5O/c1-15-5-6-20-19(12-15)17(13-25-20)8-10-23-21(28)18-4-3-11-27(14-18)22-24-9-7-16(2)26-22/h5-7,9,12-13,18,25H,3-4,8,10-11,14H2,1-2H3,(H,23,28). The fraction of sp³-hybridized carbons (Fsp3) is 0.409. The minimum atomic E-state index is -0.0110. The molecule has 1 aliphatic rings. The maximum absolute atomic E-state index is 12.7. The lowest BCUT2D eigenvalue weighted by Crippen LogP contribution is -2.44. The number of carbonyl (C=O) groups is 1. The van der Waals surface area contributed by atoms with Gasteiger partial charge in [0.15, 0.2) is 0 Å². The summed E-state index contributed by atoms with van der Waals surface area (Å²) >= 11 is 0. The van der Waals surface area contributed by atoms with Gasteiger partial charge in [-0.3, -0.25) is 4.79 Å². The fourth-order valence-corrected chi connectivity index (χ4v) is 3.92. The van der Waals surface area contributed by atoms with Crippen LogP contribution < -0.4 is 10.2 Å². The molecule has 1 fully saturated rings. The molecular weight excluding hydrogens is 350 g/mol. The quantitative estimate of drug-likeness (QED) is 0.716. The fourth-order valence-electron chi connectivity index (χ4n) is 3.92. The Morgan fingerprint density at radius 1 is 1.32 bits per heavy atom. The summed E-state index contributed by atoms with van der Waals surface area (Å²) in [5.41, 5.74) is 4.59. The van der Waals surface area contributed by atoms with Crippen LogP contribution in [0.15, 0.2) is 36.7 Å². The van der Waals surface area contributed by atoms with Crippen molar-refractivity contribution in [3.05, 3.63) is 53.5 Å². The third kappa shape index (κ3) is 4.01. The van der Waals surface area contributed by atoms with E-state index in [0.29, 0.717) is 13.1 Å². The Morgan fingerprint density at radius 3 is 3.07 bits per heavy atom. The van der Waals surface area contributed by atoms with Gasteiger partial charge in [-0.2, -0.15) is 0 Å². The molecular formula is C22H27N5O. The van der Waals surface area contributed by atoms with Crippen LogP contribution in [0.25, 0.3) is 10.9 Å². The van der Waals surface area contributed by atoms with Crippen LogP contribution in [0.5, 0.6) is 0 Å². The van der Waals surface area contributed by atoms with Crippen LogP contribution in [0.1, 0.15) is 29.7 Å². The Kier molecular flexibility index (Phi) is 5.28. The van der Waals surface area contributed by atoms with Crippen molar-refractivity contribution in [1.82, 2.24) is 20.3 Å². The number of H-pyrrole nitrogens is 1. The third-order valence-corrected chi connectivity index (χ3v) is 5.47. The smallest absolute Gasteiger partial charge is 0.225 e. The molecule has 0 spiro atoms. The van der Waals surface area contributed by atoms with Gasteiger partial charge < -0.3 is 15.2 Å². The minimum absolute atomic E-state index is 0.0110. The summed E-state index contributed by atoms with van der Waals surface area (Å²) in [6, 6.07) is 8.31. The molecule has 6 heteroatoms. The third-order valence-electron chi connectivity index (χ3n) is 5.47. The average molecular weight is 377 g/mol. The van der Waals surface area contributed by atoms with Crippen molar-refractivity contribution in [1.29, 1.82) is 0 Å². The molecule has 4 rings (SSSR count). The van der Waals surface area contributed by atoms with E-state index in [4.69, 9.17) is 0 Å². The second-order valence-electron chi connectivity index (χ2n) is 7.69. The monoisotopic (exact) mass is 377 g/mol. The largest absolute Gasteiger partial charge is 0.361 e. The molecule has 1 atom stereocenters. The number of fused-ring (bicyclic) bond motifs is 1. The molecule has 3 aromatic rings. The van der Waals surface area contributed by atoms with Gasteiger partial charge in [-0.25, -0.2) is 9.97 Å². The molecule has 28 heavy (non-hydrogen) atoms. The number of anilines is 1. The number of aromatic amines is 1. The predicted octanol–water partition coefficient (Wildman–Crippen LogP) is 3.15. The summed E-state index contributed by atoms with van der Waals surface area (Å²) in [4.78, 5) is 27.0. The highest BCUT2D eigenvalue weighted by Crippen LogP contribution is 2.22. The molecule has 1 aliphatic heterocycles. The number of aryl methyl sites for hydroxylation is 2. The zero-order valence-electron chi connectivity index (χ0n) is 16.5. The molecule has 1 amide bonds. The SMILES string of the molecule is Cc1ccc2[nH]cc(CCNC(=O)C3CCCN(c4nccc(C)n4)C3)c2c1.